The fourth-order valence-electron chi connectivity index (χ4n) is 1.55. The Morgan fingerprint density at radius 1 is 1.38 bits per heavy atom. The van der Waals surface area contributed by atoms with Gasteiger partial charge in [0.1, 0.15) is 5.75 Å². The number of nitro benzene ring substituents is 1. The Balaban J connectivity index is 2.43. The van der Waals surface area contributed by atoms with Crippen molar-refractivity contribution in [2.45, 2.75) is 12.1 Å². The van der Waals surface area contributed by atoms with Crippen LogP contribution in [0.4, 0.5) is 5.69 Å². The Hall–Kier alpha value is -2.62. The van der Waals surface area contributed by atoms with E-state index in [1.807, 2.05) is 0 Å². The molecule has 0 aliphatic heterocycles. The van der Waals surface area contributed by atoms with Crippen LogP contribution in [0, 0.1) is 17.0 Å². The minimum atomic E-state index is -0.747. The van der Waals surface area contributed by atoms with Crippen molar-refractivity contribution >= 4 is 23.7 Å². The zero-order valence-electron chi connectivity index (χ0n) is 11.1. The highest BCUT2D eigenvalue weighted by atomic mass is 32.2. The van der Waals surface area contributed by atoms with Crippen LogP contribution in [0.1, 0.15) is 11.4 Å². The molecule has 0 atom stereocenters. The van der Waals surface area contributed by atoms with Gasteiger partial charge in [-0.2, -0.15) is 9.78 Å². The van der Waals surface area contributed by atoms with Crippen molar-refractivity contribution in [3.63, 3.8) is 0 Å². The number of hydrogen-bond acceptors (Lipinski definition) is 8. The first-order chi connectivity index (χ1) is 9.93. The molecule has 0 radical (unpaired) electrons. The molecule has 0 amide bonds. The third-order valence-electron chi connectivity index (χ3n) is 2.58. The number of phenolic OH excluding ortho intramolecular Hbond substituents is 2. The molecule has 0 saturated heterocycles. The van der Waals surface area contributed by atoms with Crippen LogP contribution in [0.15, 0.2) is 22.4 Å². The summed E-state index contributed by atoms with van der Waals surface area (Å²) in [5.41, 5.74) is -0.417. The standard InChI is InChI=1S/C11H11N5O4S/c1-6-13-14-11(21-2)15(6)12-5-7-3-8(16(19)20)10(18)4-9(7)17/h3-5,17-18H,1-2H3/b12-5-. The van der Waals surface area contributed by atoms with E-state index in [-0.39, 0.29) is 11.3 Å². The van der Waals surface area contributed by atoms with E-state index in [1.54, 1.807) is 13.2 Å². The van der Waals surface area contributed by atoms with Crippen molar-refractivity contribution in [2.75, 3.05) is 6.26 Å². The Bertz CT molecular complexity index is 728. The topological polar surface area (TPSA) is 127 Å². The van der Waals surface area contributed by atoms with Crippen LogP contribution in [0.2, 0.25) is 0 Å². The van der Waals surface area contributed by atoms with E-state index < -0.39 is 16.4 Å². The highest BCUT2D eigenvalue weighted by Gasteiger charge is 2.16. The van der Waals surface area contributed by atoms with E-state index in [2.05, 4.69) is 15.3 Å². The lowest BCUT2D eigenvalue weighted by molar-refractivity contribution is -0.385. The monoisotopic (exact) mass is 309 g/mol. The first-order valence-corrected chi connectivity index (χ1v) is 6.87. The molecule has 21 heavy (non-hydrogen) atoms. The van der Waals surface area contributed by atoms with Crippen LogP contribution in [0.25, 0.3) is 0 Å². The maximum Gasteiger partial charge on any atom is 0.311 e. The van der Waals surface area contributed by atoms with Gasteiger partial charge in [-0.25, -0.2) is 0 Å². The second-order valence-electron chi connectivity index (χ2n) is 3.95. The molecule has 1 aromatic carbocycles. The Kier molecular flexibility index (Phi) is 4.08. The molecule has 1 aromatic heterocycles. The highest BCUT2D eigenvalue weighted by molar-refractivity contribution is 7.98. The quantitative estimate of drug-likeness (QED) is 0.379. The fourth-order valence-corrected chi connectivity index (χ4v) is 2.02. The predicted octanol–water partition coefficient (Wildman–Crippen LogP) is 1.51. The molecule has 0 aliphatic rings. The predicted molar refractivity (Wildman–Crippen MR) is 76.0 cm³/mol. The number of thioether (sulfide) groups is 1. The van der Waals surface area contributed by atoms with Gasteiger partial charge in [0.25, 0.3) is 0 Å². The lowest BCUT2D eigenvalue weighted by Crippen LogP contribution is -1.97. The molecule has 0 spiro atoms. The maximum absolute atomic E-state index is 10.8. The van der Waals surface area contributed by atoms with Crippen LogP contribution < -0.4 is 0 Å². The van der Waals surface area contributed by atoms with Crippen LogP contribution in [-0.2, 0) is 0 Å². The van der Waals surface area contributed by atoms with Gasteiger partial charge < -0.3 is 10.2 Å². The normalized spacial score (nSPS) is 11.1. The van der Waals surface area contributed by atoms with E-state index in [0.29, 0.717) is 11.0 Å². The van der Waals surface area contributed by atoms with Gasteiger partial charge in [0.15, 0.2) is 11.6 Å². The maximum atomic E-state index is 10.8. The van der Waals surface area contributed by atoms with Gasteiger partial charge in [-0.05, 0) is 13.2 Å². The van der Waals surface area contributed by atoms with Crippen molar-refractivity contribution in [3.8, 4) is 11.5 Å². The van der Waals surface area contributed by atoms with Gasteiger partial charge in [0, 0.05) is 17.7 Å². The summed E-state index contributed by atoms with van der Waals surface area (Å²) < 4.78 is 1.43. The number of nitrogens with zero attached hydrogens (tertiary/aromatic N) is 5. The molecular weight excluding hydrogens is 298 g/mol. The molecule has 0 bridgehead atoms. The smallest absolute Gasteiger partial charge is 0.311 e. The molecule has 110 valence electrons. The molecule has 0 aliphatic carbocycles. The first-order valence-electron chi connectivity index (χ1n) is 5.64. The summed E-state index contributed by atoms with van der Waals surface area (Å²) in [5.74, 6) is -0.401. The summed E-state index contributed by atoms with van der Waals surface area (Å²) in [6.45, 7) is 1.70. The summed E-state index contributed by atoms with van der Waals surface area (Å²) in [4.78, 5) is 10.0. The molecular formula is C11H11N5O4S. The van der Waals surface area contributed by atoms with E-state index in [4.69, 9.17) is 0 Å². The van der Waals surface area contributed by atoms with E-state index in [0.717, 1.165) is 12.1 Å². The second-order valence-corrected chi connectivity index (χ2v) is 4.72. The van der Waals surface area contributed by atoms with Crippen LogP contribution in [0.5, 0.6) is 11.5 Å². The molecule has 10 heteroatoms. The average molecular weight is 309 g/mol. The van der Waals surface area contributed by atoms with E-state index in [1.165, 1.54) is 22.7 Å². The number of phenols is 2. The first kappa shape index (κ1) is 14.8. The van der Waals surface area contributed by atoms with Gasteiger partial charge in [-0.3, -0.25) is 10.1 Å². The van der Waals surface area contributed by atoms with Gasteiger partial charge in [0.05, 0.1) is 11.1 Å². The summed E-state index contributed by atoms with van der Waals surface area (Å²) in [5, 5.41) is 42.2. The van der Waals surface area contributed by atoms with Crippen LogP contribution in [-0.4, -0.2) is 42.5 Å². The summed E-state index contributed by atoms with van der Waals surface area (Å²) in [7, 11) is 0. The SMILES string of the molecule is CSc1nnc(C)n1/N=C\c1cc([N+](=O)[O-])c(O)cc1O. The lowest BCUT2D eigenvalue weighted by atomic mass is 10.2. The van der Waals surface area contributed by atoms with Crippen LogP contribution in [0.3, 0.4) is 0 Å². The van der Waals surface area contributed by atoms with Crippen molar-refractivity contribution < 1.29 is 15.1 Å². The van der Waals surface area contributed by atoms with Crippen molar-refractivity contribution in [2.24, 2.45) is 5.10 Å². The van der Waals surface area contributed by atoms with Crippen LogP contribution >= 0.6 is 11.8 Å². The second kappa shape index (κ2) is 5.79. The van der Waals surface area contributed by atoms with E-state index in [9.17, 15) is 20.3 Å². The van der Waals surface area contributed by atoms with Crippen molar-refractivity contribution in [3.05, 3.63) is 33.6 Å². The largest absolute Gasteiger partial charge is 0.507 e. The Labute approximate surface area is 123 Å². The zero-order chi connectivity index (χ0) is 15.6. The number of aryl methyl sites for hydroxylation is 1. The molecule has 9 nitrogen and oxygen atoms in total. The van der Waals surface area contributed by atoms with Gasteiger partial charge in [0.2, 0.25) is 5.16 Å². The summed E-state index contributed by atoms with van der Waals surface area (Å²) in [6, 6.07) is 1.93. The Morgan fingerprint density at radius 3 is 2.71 bits per heavy atom. The molecule has 0 fully saturated rings. The third kappa shape index (κ3) is 2.94. The summed E-state index contributed by atoms with van der Waals surface area (Å²) >= 11 is 1.33. The van der Waals surface area contributed by atoms with E-state index >= 15 is 0 Å². The molecule has 2 rings (SSSR count). The number of hydrogen-bond donors (Lipinski definition) is 2. The fraction of sp³-hybridized carbons (Fsp3) is 0.182. The lowest BCUT2D eigenvalue weighted by Gasteiger charge is -2.02. The molecule has 2 aromatic rings. The highest BCUT2D eigenvalue weighted by Crippen LogP contribution is 2.32. The third-order valence-corrected chi connectivity index (χ3v) is 3.20. The van der Waals surface area contributed by atoms with Gasteiger partial charge >= 0.3 is 5.69 Å². The number of aromatic nitrogens is 3. The minimum absolute atomic E-state index is 0.0969. The molecule has 0 unspecified atom stereocenters. The van der Waals surface area contributed by atoms with Crippen molar-refractivity contribution in [1.82, 2.24) is 14.9 Å². The molecule has 0 saturated carbocycles. The molecule has 1 heterocycles. The number of nitro groups is 1. The Morgan fingerprint density at radius 2 is 2.10 bits per heavy atom. The number of benzene rings is 1. The average Bonchev–Trinajstić information content (AvgIpc) is 2.78. The van der Waals surface area contributed by atoms with Gasteiger partial charge in [-0.1, -0.05) is 11.8 Å². The summed E-state index contributed by atoms with van der Waals surface area (Å²) in [6.07, 6.45) is 3.04. The van der Waals surface area contributed by atoms with Gasteiger partial charge in [-0.15, -0.1) is 10.2 Å². The number of rotatable bonds is 4. The minimum Gasteiger partial charge on any atom is -0.507 e. The van der Waals surface area contributed by atoms with Crippen molar-refractivity contribution in [1.29, 1.82) is 0 Å². The molecule has 2 N–H and O–H groups in total. The number of aromatic hydroxyl groups is 2. The zero-order valence-corrected chi connectivity index (χ0v) is 11.9.